The molecule has 1 N–H and O–H groups in total. The molecule has 6 heteroatoms. The molecule has 0 aliphatic rings. The smallest absolute Gasteiger partial charge is 0.323 e. The van der Waals surface area contributed by atoms with E-state index in [1.165, 1.54) is 6.07 Å². The fraction of sp³-hybridized carbons (Fsp3) is 0.312. The van der Waals surface area contributed by atoms with Gasteiger partial charge in [0.2, 0.25) is 5.95 Å². The number of anilines is 1. The molecule has 1 aromatic carbocycles. The SMILES string of the molecule is CCCN(CC(=O)O)c1ncc(C)c(-c2ccccc2F)n1. The van der Waals surface area contributed by atoms with E-state index >= 15 is 0 Å². The second-order valence-electron chi connectivity index (χ2n) is 5.00. The van der Waals surface area contributed by atoms with E-state index in [-0.39, 0.29) is 12.4 Å². The van der Waals surface area contributed by atoms with Gasteiger partial charge in [-0.15, -0.1) is 0 Å². The maximum atomic E-state index is 14.0. The zero-order chi connectivity index (χ0) is 16.1. The van der Waals surface area contributed by atoms with Crippen LogP contribution in [0.15, 0.2) is 30.5 Å². The zero-order valence-electron chi connectivity index (χ0n) is 12.6. The Morgan fingerprint density at radius 2 is 2.09 bits per heavy atom. The third kappa shape index (κ3) is 3.58. The summed E-state index contributed by atoms with van der Waals surface area (Å²) in [6.07, 6.45) is 2.36. The molecule has 0 atom stereocenters. The van der Waals surface area contributed by atoms with Crippen LogP contribution in [-0.4, -0.2) is 34.1 Å². The van der Waals surface area contributed by atoms with Crippen molar-refractivity contribution < 1.29 is 14.3 Å². The fourth-order valence-electron chi connectivity index (χ4n) is 2.19. The third-order valence-corrected chi connectivity index (χ3v) is 3.19. The van der Waals surface area contributed by atoms with Gasteiger partial charge in [0.05, 0.1) is 5.69 Å². The maximum Gasteiger partial charge on any atom is 0.323 e. The Bertz CT molecular complexity index is 676. The van der Waals surface area contributed by atoms with Crippen molar-refractivity contribution in [2.24, 2.45) is 0 Å². The molecule has 0 unspecified atom stereocenters. The molecular weight excluding hydrogens is 285 g/mol. The summed E-state index contributed by atoms with van der Waals surface area (Å²) in [5.74, 6) is -1.02. The molecule has 116 valence electrons. The van der Waals surface area contributed by atoms with E-state index in [4.69, 9.17) is 5.11 Å². The predicted octanol–water partition coefficient (Wildman–Crippen LogP) is 2.89. The molecule has 0 saturated heterocycles. The number of rotatable bonds is 6. The first-order valence-electron chi connectivity index (χ1n) is 7.08. The Morgan fingerprint density at radius 1 is 1.36 bits per heavy atom. The zero-order valence-corrected chi connectivity index (χ0v) is 12.6. The first kappa shape index (κ1) is 15.9. The van der Waals surface area contributed by atoms with Crippen molar-refractivity contribution in [2.45, 2.75) is 20.3 Å². The third-order valence-electron chi connectivity index (χ3n) is 3.19. The molecule has 2 rings (SSSR count). The van der Waals surface area contributed by atoms with Crippen LogP contribution >= 0.6 is 0 Å². The van der Waals surface area contributed by atoms with E-state index < -0.39 is 5.97 Å². The summed E-state index contributed by atoms with van der Waals surface area (Å²) in [5.41, 5.74) is 1.60. The van der Waals surface area contributed by atoms with E-state index in [1.807, 2.05) is 6.92 Å². The number of carboxylic acids is 1. The first-order chi connectivity index (χ1) is 10.5. The van der Waals surface area contributed by atoms with Gasteiger partial charge in [-0.1, -0.05) is 19.1 Å². The standard InChI is InChI=1S/C16H18FN3O2/c1-3-8-20(10-14(21)22)16-18-9-11(2)15(19-16)12-6-4-5-7-13(12)17/h4-7,9H,3,8,10H2,1-2H3,(H,21,22). The summed E-state index contributed by atoms with van der Waals surface area (Å²) in [6, 6.07) is 6.37. The van der Waals surface area contributed by atoms with Crippen molar-refractivity contribution in [1.82, 2.24) is 9.97 Å². The molecule has 0 saturated carbocycles. The summed E-state index contributed by atoms with van der Waals surface area (Å²) in [6.45, 7) is 4.08. The number of carbonyl (C=O) groups is 1. The van der Waals surface area contributed by atoms with Crippen LogP contribution in [0.2, 0.25) is 0 Å². The molecule has 1 heterocycles. The van der Waals surface area contributed by atoms with Gasteiger partial charge in [-0.2, -0.15) is 0 Å². The van der Waals surface area contributed by atoms with Gasteiger partial charge in [-0.05, 0) is 31.0 Å². The van der Waals surface area contributed by atoms with Crippen LogP contribution in [0.5, 0.6) is 0 Å². The fourth-order valence-corrected chi connectivity index (χ4v) is 2.19. The highest BCUT2D eigenvalue weighted by Crippen LogP contribution is 2.25. The van der Waals surface area contributed by atoms with E-state index in [0.717, 1.165) is 12.0 Å². The number of aromatic nitrogens is 2. The van der Waals surface area contributed by atoms with Gasteiger partial charge in [-0.25, -0.2) is 14.4 Å². The van der Waals surface area contributed by atoms with Crippen LogP contribution in [0.1, 0.15) is 18.9 Å². The molecule has 0 spiro atoms. The second-order valence-corrected chi connectivity index (χ2v) is 5.00. The van der Waals surface area contributed by atoms with Crippen molar-refractivity contribution in [2.75, 3.05) is 18.0 Å². The number of nitrogens with zero attached hydrogens (tertiary/aromatic N) is 3. The molecule has 22 heavy (non-hydrogen) atoms. The average Bonchev–Trinajstić information content (AvgIpc) is 2.48. The average molecular weight is 303 g/mol. The Labute approximate surface area is 128 Å². The summed E-state index contributed by atoms with van der Waals surface area (Å²) < 4.78 is 14.0. The van der Waals surface area contributed by atoms with Gasteiger partial charge >= 0.3 is 5.97 Å². The van der Waals surface area contributed by atoms with E-state index in [9.17, 15) is 9.18 Å². The first-order valence-corrected chi connectivity index (χ1v) is 7.08. The number of aryl methyl sites for hydroxylation is 1. The molecule has 0 fully saturated rings. The molecular formula is C16H18FN3O2. The van der Waals surface area contributed by atoms with Gasteiger partial charge in [0.25, 0.3) is 0 Å². The Kier molecular flexibility index (Phi) is 5.04. The van der Waals surface area contributed by atoms with Gasteiger partial charge in [0.15, 0.2) is 0 Å². The number of aliphatic carboxylic acids is 1. The number of carboxylic acid groups (broad SMARTS) is 1. The molecule has 0 aliphatic carbocycles. The van der Waals surface area contributed by atoms with Crippen molar-refractivity contribution in [3.8, 4) is 11.3 Å². The van der Waals surface area contributed by atoms with Crippen LogP contribution < -0.4 is 4.90 Å². The minimum Gasteiger partial charge on any atom is -0.480 e. The summed E-state index contributed by atoms with van der Waals surface area (Å²) in [5, 5.41) is 9.00. The van der Waals surface area contributed by atoms with Crippen LogP contribution in [0.4, 0.5) is 10.3 Å². The largest absolute Gasteiger partial charge is 0.480 e. The Hall–Kier alpha value is -2.50. The number of benzene rings is 1. The number of hydrogen-bond acceptors (Lipinski definition) is 4. The Balaban J connectivity index is 2.45. The lowest BCUT2D eigenvalue weighted by Crippen LogP contribution is -2.32. The summed E-state index contributed by atoms with van der Waals surface area (Å²) >= 11 is 0. The Morgan fingerprint density at radius 3 is 2.73 bits per heavy atom. The lowest BCUT2D eigenvalue weighted by atomic mass is 10.1. The minimum absolute atomic E-state index is 0.187. The van der Waals surface area contributed by atoms with Crippen molar-refractivity contribution in [3.63, 3.8) is 0 Å². The quantitative estimate of drug-likeness (QED) is 0.889. The van der Waals surface area contributed by atoms with Crippen molar-refractivity contribution in [3.05, 3.63) is 41.8 Å². The highest BCUT2D eigenvalue weighted by molar-refractivity contribution is 5.73. The van der Waals surface area contributed by atoms with Crippen LogP contribution in [-0.2, 0) is 4.79 Å². The highest BCUT2D eigenvalue weighted by Gasteiger charge is 2.16. The summed E-state index contributed by atoms with van der Waals surface area (Å²) in [7, 11) is 0. The lowest BCUT2D eigenvalue weighted by Gasteiger charge is -2.20. The van der Waals surface area contributed by atoms with Gasteiger partial charge in [-0.3, -0.25) is 4.79 Å². The highest BCUT2D eigenvalue weighted by atomic mass is 19.1. The normalized spacial score (nSPS) is 10.5. The minimum atomic E-state index is -0.954. The molecule has 0 bridgehead atoms. The monoisotopic (exact) mass is 303 g/mol. The second kappa shape index (κ2) is 6.98. The number of hydrogen-bond donors (Lipinski definition) is 1. The maximum absolute atomic E-state index is 14.0. The molecule has 0 amide bonds. The molecule has 5 nitrogen and oxygen atoms in total. The molecule has 2 aromatic rings. The molecule has 0 radical (unpaired) electrons. The van der Waals surface area contributed by atoms with Crippen molar-refractivity contribution >= 4 is 11.9 Å². The molecule has 0 aliphatic heterocycles. The van der Waals surface area contributed by atoms with Gasteiger partial charge in [0, 0.05) is 18.3 Å². The van der Waals surface area contributed by atoms with E-state index in [2.05, 4.69) is 9.97 Å². The van der Waals surface area contributed by atoms with Crippen LogP contribution in [0.25, 0.3) is 11.3 Å². The number of halogens is 1. The lowest BCUT2D eigenvalue weighted by molar-refractivity contribution is -0.135. The topological polar surface area (TPSA) is 66.3 Å². The van der Waals surface area contributed by atoms with Gasteiger partial charge in [0.1, 0.15) is 12.4 Å². The van der Waals surface area contributed by atoms with E-state index in [0.29, 0.717) is 23.8 Å². The predicted molar refractivity (Wildman–Crippen MR) is 82.3 cm³/mol. The van der Waals surface area contributed by atoms with Gasteiger partial charge < -0.3 is 10.0 Å². The van der Waals surface area contributed by atoms with Crippen LogP contribution in [0, 0.1) is 12.7 Å². The van der Waals surface area contributed by atoms with E-state index in [1.54, 1.807) is 36.2 Å². The van der Waals surface area contributed by atoms with Crippen LogP contribution in [0.3, 0.4) is 0 Å². The summed E-state index contributed by atoms with van der Waals surface area (Å²) in [4.78, 5) is 21.1. The molecule has 1 aromatic heterocycles. The van der Waals surface area contributed by atoms with Crippen molar-refractivity contribution in [1.29, 1.82) is 0 Å².